The summed E-state index contributed by atoms with van der Waals surface area (Å²) in [7, 11) is 0. The zero-order valence-corrected chi connectivity index (χ0v) is 7.16. The Kier molecular flexibility index (Phi) is 7.08. The molecule has 0 saturated carbocycles. The van der Waals surface area contributed by atoms with E-state index in [1.54, 1.807) is 12.1 Å². The van der Waals surface area contributed by atoms with Crippen LogP contribution in [0.3, 0.4) is 0 Å². The molecular weight excluding hydrogens is 152 g/mol. The summed E-state index contributed by atoms with van der Waals surface area (Å²) >= 11 is 0. The fraction of sp³-hybridized carbons (Fsp3) is 0.111. The molecular formula is C9H16N2O. The summed E-state index contributed by atoms with van der Waals surface area (Å²) in [5.41, 5.74) is 0.928. The molecule has 0 spiro atoms. The highest BCUT2D eigenvalue weighted by atomic mass is 16.3. The first-order valence-corrected chi connectivity index (χ1v) is 3.22. The number of phenols is 1. The van der Waals surface area contributed by atoms with E-state index >= 15 is 0 Å². The van der Waals surface area contributed by atoms with E-state index in [-0.39, 0.29) is 12.3 Å². The van der Waals surface area contributed by atoms with Gasteiger partial charge in [0.05, 0.1) is 0 Å². The molecule has 7 N–H and O–H groups in total. The normalized spacial score (nSPS) is 7.67. The van der Waals surface area contributed by atoms with Gasteiger partial charge in [0.2, 0.25) is 0 Å². The average Bonchev–Trinajstić information content (AvgIpc) is 1.94. The topological polar surface area (TPSA) is 90.2 Å². The molecule has 0 aromatic heterocycles. The van der Waals surface area contributed by atoms with Crippen LogP contribution in [-0.2, 0) is 6.42 Å². The number of allylic oxidation sites excluding steroid dienone is 1. The van der Waals surface area contributed by atoms with Gasteiger partial charge in [0, 0.05) is 0 Å². The lowest BCUT2D eigenvalue weighted by molar-refractivity contribution is 0.470. The van der Waals surface area contributed by atoms with Crippen LogP contribution in [0, 0.1) is 0 Å². The van der Waals surface area contributed by atoms with Gasteiger partial charge in [-0.3, -0.25) is 0 Å². The van der Waals surface area contributed by atoms with Gasteiger partial charge in [0.1, 0.15) is 5.75 Å². The zero-order chi connectivity index (χ0) is 7.40. The van der Waals surface area contributed by atoms with E-state index in [1.807, 2.05) is 18.2 Å². The number of benzene rings is 1. The molecule has 0 aliphatic rings. The second-order valence-corrected chi connectivity index (χ2v) is 2.12. The lowest BCUT2D eigenvalue weighted by atomic mass is 10.1. The highest BCUT2D eigenvalue weighted by molar-refractivity contribution is 5.32. The molecule has 1 aromatic carbocycles. The lowest BCUT2D eigenvalue weighted by Gasteiger charge is -1.97. The smallest absolute Gasteiger partial charge is 0.119 e. The maximum absolute atomic E-state index is 9.19. The molecule has 0 unspecified atom stereocenters. The molecule has 0 aliphatic heterocycles. The monoisotopic (exact) mass is 168 g/mol. The SMILES string of the molecule is C=CCc1ccccc1O.N.N. The van der Waals surface area contributed by atoms with Gasteiger partial charge in [-0.15, -0.1) is 6.58 Å². The van der Waals surface area contributed by atoms with Crippen molar-refractivity contribution in [2.75, 3.05) is 0 Å². The molecule has 1 rings (SSSR count). The van der Waals surface area contributed by atoms with Gasteiger partial charge in [0.15, 0.2) is 0 Å². The number of para-hydroxylation sites is 1. The van der Waals surface area contributed by atoms with Crippen molar-refractivity contribution >= 4 is 0 Å². The summed E-state index contributed by atoms with van der Waals surface area (Å²) in [5.74, 6) is 0.349. The van der Waals surface area contributed by atoms with Crippen molar-refractivity contribution < 1.29 is 5.11 Å². The number of rotatable bonds is 2. The van der Waals surface area contributed by atoms with Crippen molar-refractivity contribution in [2.45, 2.75) is 6.42 Å². The molecule has 0 amide bonds. The number of aromatic hydroxyl groups is 1. The lowest BCUT2D eigenvalue weighted by Crippen LogP contribution is -1.79. The summed E-state index contributed by atoms with van der Waals surface area (Å²) in [6.07, 6.45) is 2.50. The highest BCUT2D eigenvalue weighted by Gasteiger charge is 1.93. The molecule has 0 bridgehead atoms. The van der Waals surface area contributed by atoms with Crippen molar-refractivity contribution in [1.29, 1.82) is 0 Å². The van der Waals surface area contributed by atoms with Crippen molar-refractivity contribution in [2.24, 2.45) is 0 Å². The van der Waals surface area contributed by atoms with Gasteiger partial charge in [-0.25, -0.2) is 0 Å². The molecule has 0 radical (unpaired) electrons. The van der Waals surface area contributed by atoms with Crippen molar-refractivity contribution in [1.82, 2.24) is 12.3 Å². The van der Waals surface area contributed by atoms with Crippen LogP contribution in [0.15, 0.2) is 36.9 Å². The quantitative estimate of drug-likeness (QED) is 0.592. The first-order chi connectivity index (χ1) is 4.84. The van der Waals surface area contributed by atoms with Gasteiger partial charge in [-0.2, -0.15) is 0 Å². The van der Waals surface area contributed by atoms with Gasteiger partial charge < -0.3 is 17.4 Å². The second kappa shape index (κ2) is 6.39. The predicted octanol–water partition coefficient (Wildman–Crippen LogP) is 2.44. The average molecular weight is 168 g/mol. The molecule has 0 saturated heterocycles. The Bertz CT molecular complexity index is 236. The third-order valence-corrected chi connectivity index (χ3v) is 1.36. The van der Waals surface area contributed by atoms with Crippen LogP contribution in [0.5, 0.6) is 5.75 Å². The minimum absolute atomic E-state index is 0. The molecule has 0 atom stereocenters. The summed E-state index contributed by atoms with van der Waals surface area (Å²) in [6.45, 7) is 3.59. The van der Waals surface area contributed by atoms with Crippen molar-refractivity contribution in [3.8, 4) is 5.75 Å². The zero-order valence-electron chi connectivity index (χ0n) is 7.16. The largest absolute Gasteiger partial charge is 0.508 e. The highest BCUT2D eigenvalue weighted by Crippen LogP contribution is 2.15. The summed E-state index contributed by atoms with van der Waals surface area (Å²) in [4.78, 5) is 0. The Morgan fingerprint density at radius 1 is 1.25 bits per heavy atom. The van der Waals surface area contributed by atoms with E-state index in [9.17, 15) is 5.11 Å². The molecule has 3 nitrogen and oxygen atoms in total. The van der Waals surface area contributed by atoms with Gasteiger partial charge >= 0.3 is 0 Å². The van der Waals surface area contributed by atoms with Gasteiger partial charge in [-0.05, 0) is 18.1 Å². The molecule has 68 valence electrons. The third kappa shape index (κ3) is 3.18. The number of hydrogen-bond acceptors (Lipinski definition) is 3. The Morgan fingerprint density at radius 2 is 1.83 bits per heavy atom. The van der Waals surface area contributed by atoms with E-state index in [0.717, 1.165) is 12.0 Å². The second-order valence-electron chi connectivity index (χ2n) is 2.12. The Morgan fingerprint density at radius 3 is 2.33 bits per heavy atom. The summed E-state index contributed by atoms with van der Waals surface area (Å²) < 4.78 is 0. The Labute approximate surface area is 72.9 Å². The first-order valence-electron chi connectivity index (χ1n) is 3.22. The fourth-order valence-corrected chi connectivity index (χ4v) is 0.839. The maximum Gasteiger partial charge on any atom is 0.119 e. The van der Waals surface area contributed by atoms with E-state index in [1.165, 1.54) is 0 Å². The fourth-order valence-electron chi connectivity index (χ4n) is 0.839. The van der Waals surface area contributed by atoms with Crippen LogP contribution in [0.1, 0.15) is 5.56 Å². The third-order valence-electron chi connectivity index (χ3n) is 1.36. The number of hydrogen-bond donors (Lipinski definition) is 3. The molecule has 12 heavy (non-hydrogen) atoms. The van der Waals surface area contributed by atoms with E-state index in [4.69, 9.17) is 0 Å². The maximum atomic E-state index is 9.19. The van der Waals surface area contributed by atoms with Crippen LogP contribution in [-0.4, -0.2) is 5.11 Å². The molecule has 0 aliphatic carbocycles. The minimum Gasteiger partial charge on any atom is -0.508 e. The van der Waals surface area contributed by atoms with Crippen molar-refractivity contribution in [3.05, 3.63) is 42.5 Å². The van der Waals surface area contributed by atoms with E-state index in [0.29, 0.717) is 5.75 Å². The predicted molar refractivity (Wildman–Crippen MR) is 52.1 cm³/mol. The van der Waals surface area contributed by atoms with Crippen LogP contribution in [0.2, 0.25) is 0 Å². The molecule has 3 heteroatoms. The van der Waals surface area contributed by atoms with Crippen LogP contribution in [0.25, 0.3) is 0 Å². The van der Waals surface area contributed by atoms with Gasteiger partial charge in [-0.1, -0.05) is 24.3 Å². The van der Waals surface area contributed by atoms with Gasteiger partial charge in [0.25, 0.3) is 0 Å². The molecule has 0 heterocycles. The molecule has 1 aromatic rings. The first kappa shape index (κ1) is 13.3. The molecule has 0 fully saturated rings. The summed E-state index contributed by atoms with van der Waals surface area (Å²) in [6, 6.07) is 7.27. The number of phenolic OH excluding ortho intramolecular Hbond substituents is 1. The standard InChI is InChI=1S/C9H10O.2H3N/c1-2-5-8-6-3-4-7-9(8)10;;/h2-4,6-7,10H,1,5H2;2*1H3. The minimum atomic E-state index is 0. The van der Waals surface area contributed by atoms with E-state index < -0.39 is 0 Å². The van der Waals surface area contributed by atoms with Crippen molar-refractivity contribution in [3.63, 3.8) is 0 Å². The summed E-state index contributed by atoms with van der Waals surface area (Å²) in [5, 5.41) is 9.19. The van der Waals surface area contributed by atoms with Crippen LogP contribution in [0.4, 0.5) is 0 Å². The van der Waals surface area contributed by atoms with Crippen LogP contribution >= 0.6 is 0 Å². The Balaban J connectivity index is 0. The van der Waals surface area contributed by atoms with Crippen LogP contribution < -0.4 is 12.3 Å². The van der Waals surface area contributed by atoms with E-state index in [2.05, 4.69) is 6.58 Å². The Hall–Kier alpha value is -1.32.